The zero-order valence-electron chi connectivity index (χ0n) is 13.3. The number of likely N-dealkylation sites (tertiary alicyclic amines) is 2. The second-order valence-electron chi connectivity index (χ2n) is 7.71. The summed E-state index contributed by atoms with van der Waals surface area (Å²) in [6.45, 7) is 9.92. The molecule has 3 nitrogen and oxygen atoms in total. The highest BCUT2D eigenvalue weighted by Gasteiger charge is 2.42. The van der Waals surface area contributed by atoms with Crippen LogP contribution in [0.3, 0.4) is 0 Å². The molecule has 2 aliphatic heterocycles. The summed E-state index contributed by atoms with van der Waals surface area (Å²) < 4.78 is 0. The Morgan fingerprint density at radius 1 is 1.05 bits per heavy atom. The number of nitrogens with zero attached hydrogens (tertiary/aromatic N) is 2. The van der Waals surface area contributed by atoms with Gasteiger partial charge < -0.3 is 10.6 Å². The maximum absolute atomic E-state index is 6.18. The lowest BCUT2D eigenvalue weighted by atomic mass is 9.88. The van der Waals surface area contributed by atoms with Crippen molar-refractivity contribution in [1.82, 2.24) is 9.80 Å². The van der Waals surface area contributed by atoms with Gasteiger partial charge in [0.25, 0.3) is 0 Å². The normalized spacial score (nSPS) is 37.8. The van der Waals surface area contributed by atoms with Crippen molar-refractivity contribution in [2.45, 2.75) is 57.4 Å². The molecule has 2 saturated heterocycles. The molecule has 1 saturated carbocycles. The summed E-state index contributed by atoms with van der Waals surface area (Å²) >= 11 is 0. The number of nitrogens with two attached hydrogens (primary N) is 1. The Labute approximate surface area is 124 Å². The summed E-state index contributed by atoms with van der Waals surface area (Å²) in [5, 5.41) is 0. The third kappa shape index (κ3) is 3.05. The van der Waals surface area contributed by atoms with Gasteiger partial charge in [-0.25, -0.2) is 0 Å². The summed E-state index contributed by atoms with van der Waals surface area (Å²) in [5.41, 5.74) is 6.54. The third-order valence-electron chi connectivity index (χ3n) is 6.21. The molecule has 2 unspecified atom stereocenters. The van der Waals surface area contributed by atoms with Crippen LogP contribution in [-0.2, 0) is 0 Å². The van der Waals surface area contributed by atoms with Crippen LogP contribution in [0.4, 0.5) is 0 Å². The smallest absolute Gasteiger partial charge is 0.0334 e. The molecular formula is C17H33N3. The molecule has 116 valence electrons. The van der Waals surface area contributed by atoms with Crippen LogP contribution in [0.5, 0.6) is 0 Å². The van der Waals surface area contributed by atoms with Crippen LogP contribution in [0.2, 0.25) is 0 Å². The first-order chi connectivity index (χ1) is 9.72. The van der Waals surface area contributed by atoms with Crippen molar-refractivity contribution in [3.05, 3.63) is 0 Å². The SMILES string of the molecule is CC1CCC(CN)(N2CCC(CN3CCCC3)CC2)C1. The molecule has 20 heavy (non-hydrogen) atoms. The molecule has 0 aromatic heterocycles. The zero-order chi connectivity index (χ0) is 14.0. The van der Waals surface area contributed by atoms with Crippen molar-refractivity contribution >= 4 is 0 Å². The third-order valence-corrected chi connectivity index (χ3v) is 6.21. The average molecular weight is 279 g/mol. The van der Waals surface area contributed by atoms with E-state index < -0.39 is 0 Å². The molecule has 0 aromatic rings. The molecule has 3 fully saturated rings. The van der Waals surface area contributed by atoms with Crippen molar-refractivity contribution < 1.29 is 0 Å². The standard InChI is InChI=1S/C17H33N3/c1-15-4-7-17(12-15,14-18)20-10-5-16(6-11-20)13-19-8-2-3-9-19/h15-16H,2-14,18H2,1H3. The fraction of sp³-hybridized carbons (Fsp3) is 1.00. The van der Waals surface area contributed by atoms with Gasteiger partial charge in [0.1, 0.15) is 0 Å². The molecule has 2 N–H and O–H groups in total. The van der Waals surface area contributed by atoms with E-state index in [0.717, 1.165) is 18.4 Å². The van der Waals surface area contributed by atoms with Crippen LogP contribution in [0.1, 0.15) is 51.9 Å². The Hall–Kier alpha value is -0.120. The maximum atomic E-state index is 6.18. The fourth-order valence-corrected chi connectivity index (χ4v) is 4.89. The van der Waals surface area contributed by atoms with Gasteiger partial charge in [-0.15, -0.1) is 0 Å². The van der Waals surface area contributed by atoms with Gasteiger partial charge in [-0.05, 0) is 83.0 Å². The van der Waals surface area contributed by atoms with E-state index in [9.17, 15) is 0 Å². The maximum Gasteiger partial charge on any atom is 0.0334 e. The molecule has 0 amide bonds. The first-order valence-corrected chi connectivity index (χ1v) is 8.89. The van der Waals surface area contributed by atoms with Crippen molar-refractivity contribution in [3.8, 4) is 0 Å². The largest absolute Gasteiger partial charge is 0.329 e. The Morgan fingerprint density at radius 2 is 1.75 bits per heavy atom. The molecule has 0 aromatic carbocycles. The minimum atomic E-state index is 0.359. The predicted molar refractivity (Wildman–Crippen MR) is 84.8 cm³/mol. The molecule has 3 heteroatoms. The van der Waals surface area contributed by atoms with Gasteiger partial charge in [0.05, 0.1) is 0 Å². The van der Waals surface area contributed by atoms with E-state index in [1.165, 1.54) is 77.7 Å². The minimum Gasteiger partial charge on any atom is -0.329 e. The second kappa shape index (κ2) is 6.33. The van der Waals surface area contributed by atoms with E-state index in [1.807, 2.05) is 0 Å². The fourth-order valence-electron chi connectivity index (χ4n) is 4.89. The molecule has 3 aliphatic rings. The Bertz CT molecular complexity index is 305. The molecule has 2 heterocycles. The molecule has 0 spiro atoms. The van der Waals surface area contributed by atoms with Crippen molar-refractivity contribution in [2.24, 2.45) is 17.6 Å². The number of piperidine rings is 1. The van der Waals surface area contributed by atoms with Gasteiger partial charge in [0.15, 0.2) is 0 Å². The Kier molecular flexibility index (Phi) is 4.68. The zero-order valence-corrected chi connectivity index (χ0v) is 13.3. The van der Waals surface area contributed by atoms with Crippen LogP contribution in [0, 0.1) is 11.8 Å². The second-order valence-corrected chi connectivity index (χ2v) is 7.71. The Balaban J connectivity index is 1.50. The van der Waals surface area contributed by atoms with Crippen molar-refractivity contribution in [3.63, 3.8) is 0 Å². The average Bonchev–Trinajstić information content (AvgIpc) is 3.10. The molecule has 1 aliphatic carbocycles. The van der Waals surface area contributed by atoms with Crippen LogP contribution in [0.15, 0.2) is 0 Å². The highest BCUT2D eigenvalue weighted by atomic mass is 15.2. The monoisotopic (exact) mass is 279 g/mol. The predicted octanol–water partition coefficient (Wildman–Crippen LogP) is 2.31. The summed E-state index contributed by atoms with van der Waals surface area (Å²) in [5.74, 6) is 1.82. The van der Waals surface area contributed by atoms with Gasteiger partial charge in [-0.3, -0.25) is 4.90 Å². The van der Waals surface area contributed by atoms with Crippen molar-refractivity contribution in [1.29, 1.82) is 0 Å². The van der Waals surface area contributed by atoms with E-state index in [0.29, 0.717) is 5.54 Å². The van der Waals surface area contributed by atoms with Crippen LogP contribution >= 0.6 is 0 Å². The van der Waals surface area contributed by atoms with Crippen LogP contribution in [-0.4, -0.2) is 54.6 Å². The quantitative estimate of drug-likeness (QED) is 0.857. The van der Waals surface area contributed by atoms with E-state index >= 15 is 0 Å². The molecular weight excluding hydrogens is 246 g/mol. The van der Waals surface area contributed by atoms with Crippen molar-refractivity contribution in [2.75, 3.05) is 39.3 Å². The van der Waals surface area contributed by atoms with E-state index in [1.54, 1.807) is 0 Å². The molecule has 3 rings (SSSR count). The van der Waals surface area contributed by atoms with E-state index in [4.69, 9.17) is 5.73 Å². The van der Waals surface area contributed by atoms with Gasteiger partial charge in [0.2, 0.25) is 0 Å². The van der Waals surface area contributed by atoms with E-state index in [-0.39, 0.29) is 0 Å². The number of hydrogen-bond acceptors (Lipinski definition) is 3. The highest BCUT2D eigenvalue weighted by Crippen LogP contribution is 2.40. The summed E-state index contributed by atoms with van der Waals surface area (Å²) in [7, 11) is 0. The van der Waals surface area contributed by atoms with Gasteiger partial charge >= 0.3 is 0 Å². The highest BCUT2D eigenvalue weighted by molar-refractivity contribution is 4.99. The lowest BCUT2D eigenvalue weighted by molar-refractivity contribution is 0.0497. The molecule has 0 radical (unpaired) electrons. The molecule has 0 bridgehead atoms. The van der Waals surface area contributed by atoms with Crippen LogP contribution in [0.25, 0.3) is 0 Å². The summed E-state index contributed by atoms with van der Waals surface area (Å²) in [6.07, 6.45) is 9.69. The number of hydrogen-bond donors (Lipinski definition) is 1. The lowest BCUT2D eigenvalue weighted by Crippen LogP contribution is -2.55. The Morgan fingerprint density at radius 3 is 2.30 bits per heavy atom. The summed E-state index contributed by atoms with van der Waals surface area (Å²) in [6, 6.07) is 0. The minimum absolute atomic E-state index is 0.359. The first-order valence-electron chi connectivity index (χ1n) is 8.89. The molecule has 2 atom stereocenters. The van der Waals surface area contributed by atoms with Crippen LogP contribution < -0.4 is 5.73 Å². The van der Waals surface area contributed by atoms with Gasteiger partial charge in [-0.1, -0.05) is 6.92 Å². The first kappa shape index (κ1) is 14.8. The summed E-state index contributed by atoms with van der Waals surface area (Å²) in [4.78, 5) is 5.45. The number of rotatable bonds is 4. The van der Waals surface area contributed by atoms with E-state index in [2.05, 4.69) is 16.7 Å². The van der Waals surface area contributed by atoms with Gasteiger partial charge in [0, 0.05) is 18.6 Å². The lowest BCUT2D eigenvalue weighted by Gasteiger charge is -2.45. The topological polar surface area (TPSA) is 32.5 Å². The van der Waals surface area contributed by atoms with Gasteiger partial charge in [-0.2, -0.15) is 0 Å².